The van der Waals surface area contributed by atoms with Crippen LogP contribution in [0.15, 0.2) is 41.7 Å². The maximum absolute atomic E-state index is 12.1. The van der Waals surface area contributed by atoms with Gasteiger partial charge in [0.05, 0.1) is 12.9 Å². The summed E-state index contributed by atoms with van der Waals surface area (Å²) in [4.78, 5) is 3.76. The van der Waals surface area contributed by atoms with Gasteiger partial charge in [-0.05, 0) is 18.6 Å². The van der Waals surface area contributed by atoms with Crippen molar-refractivity contribution >= 4 is 15.8 Å². The molecule has 1 aromatic heterocycles. The van der Waals surface area contributed by atoms with Gasteiger partial charge in [-0.2, -0.15) is 0 Å². The number of benzene rings is 1. The molecule has 8 heteroatoms. The van der Waals surface area contributed by atoms with Crippen molar-refractivity contribution in [2.45, 2.75) is 11.4 Å². The number of anilines is 1. The first-order valence-electron chi connectivity index (χ1n) is 6.45. The summed E-state index contributed by atoms with van der Waals surface area (Å²) in [6, 6.07) is 9.35. The number of rotatable bonds is 7. The SMILES string of the molecule is Cn1cnc(N)c1S(=O)(=O)NCCCOc1ccccc1. The van der Waals surface area contributed by atoms with Crippen molar-refractivity contribution in [1.82, 2.24) is 14.3 Å². The summed E-state index contributed by atoms with van der Waals surface area (Å²) < 4.78 is 33.5. The molecule has 0 spiro atoms. The summed E-state index contributed by atoms with van der Waals surface area (Å²) in [5, 5.41) is -0.0218. The highest BCUT2D eigenvalue weighted by atomic mass is 32.2. The molecule has 0 fully saturated rings. The highest BCUT2D eigenvalue weighted by Gasteiger charge is 2.21. The number of ether oxygens (including phenoxy) is 1. The van der Waals surface area contributed by atoms with Gasteiger partial charge in [0.1, 0.15) is 5.75 Å². The van der Waals surface area contributed by atoms with E-state index in [9.17, 15) is 8.42 Å². The highest BCUT2D eigenvalue weighted by molar-refractivity contribution is 7.89. The molecule has 0 amide bonds. The van der Waals surface area contributed by atoms with Crippen molar-refractivity contribution in [2.24, 2.45) is 7.05 Å². The van der Waals surface area contributed by atoms with Crippen molar-refractivity contribution in [3.63, 3.8) is 0 Å². The van der Waals surface area contributed by atoms with Crippen LogP contribution in [-0.4, -0.2) is 31.1 Å². The van der Waals surface area contributed by atoms with Gasteiger partial charge in [-0.1, -0.05) is 18.2 Å². The molecule has 2 aromatic rings. The van der Waals surface area contributed by atoms with Crippen molar-refractivity contribution in [3.05, 3.63) is 36.7 Å². The van der Waals surface area contributed by atoms with Crippen LogP contribution in [0.1, 0.15) is 6.42 Å². The number of sulfonamides is 1. The zero-order chi connectivity index (χ0) is 15.3. The van der Waals surface area contributed by atoms with Crippen LogP contribution in [0.2, 0.25) is 0 Å². The van der Waals surface area contributed by atoms with E-state index in [2.05, 4.69) is 9.71 Å². The molecule has 0 aliphatic rings. The minimum Gasteiger partial charge on any atom is -0.494 e. The second-order valence-corrected chi connectivity index (χ2v) is 6.14. The molecule has 0 atom stereocenters. The van der Waals surface area contributed by atoms with Gasteiger partial charge in [-0.25, -0.2) is 18.1 Å². The van der Waals surface area contributed by atoms with Gasteiger partial charge in [-0.3, -0.25) is 0 Å². The number of imidazole rings is 1. The quantitative estimate of drug-likeness (QED) is 0.735. The third-order valence-electron chi connectivity index (χ3n) is 2.79. The van der Waals surface area contributed by atoms with Crippen molar-refractivity contribution in [1.29, 1.82) is 0 Å². The Balaban J connectivity index is 1.81. The Morgan fingerprint density at radius 1 is 1.33 bits per heavy atom. The molecule has 2 rings (SSSR count). The number of nitrogens with two attached hydrogens (primary N) is 1. The standard InChI is InChI=1S/C13H18N4O3S/c1-17-10-15-12(14)13(17)21(18,19)16-8-5-9-20-11-6-3-2-4-7-11/h2-4,6-7,10,16H,5,8-9,14H2,1H3. The van der Waals surface area contributed by atoms with Gasteiger partial charge >= 0.3 is 0 Å². The zero-order valence-electron chi connectivity index (χ0n) is 11.7. The fourth-order valence-corrected chi connectivity index (χ4v) is 3.12. The van der Waals surface area contributed by atoms with Crippen LogP contribution in [0.5, 0.6) is 5.75 Å². The summed E-state index contributed by atoms with van der Waals surface area (Å²) in [7, 11) is -2.07. The van der Waals surface area contributed by atoms with Crippen LogP contribution in [0.3, 0.4) is 0 Å². The molecular weight excluding hydrogens is 292 g/mol. The van der Waals surface area contributed by atoms with Crippen LogP contribution < -0.4 is 15.2 Å². The number of para-hydroxylation sites is 1. The third kappa shape index (κ3) is 3.96. The Kier molecular flexibility index (Phi) is 4.81. The lowest BCUT2D eigenvalue weighted by atomic mass is 10.3. The first-order valence-corrected chi connectivity index (χ1v) is 7.93. The fraction of sp³-hybridized carbons (Fsp3) is 0.308. The molecule has 0 bridgehead atoms. The average Bonchev–Trinajstić information content (AvgIpc) is 2.79. The van der Waals surface area contributed by atoms with E-state index in [1.165, 1.54) is 10.9 Å². The molecular formula is C13H18N4O3S. The first-order chi connectivity index (χ1) is 10.0. The normalized spacial score (nSPS) is 11.5. The van der Waals surface area contributed by atoms with Gasteiger partial charge in [0.15, 0.2) is 10.8 Å². The molecule has 1 aromatic carbocycles. The third-order valence-corrected chi connectivity index (χ3v) is 4.38. The van der Waals surface area contributed by atoms with Gasteiger partial charge < -0.3 is 15.0 Å². The molecule has 0 aliphatic heterocycles. The molecule has 0 saturated carbocycles. The van der Waals surface area contributed by atoms with Crippen molar-refractivity contribution in [3.8, 4) is 5.75 Å². The van der Waals surface area contributed by atoms with E-state index in [-0.39, 0.29) is 17.4 Å². The fourth-order valence-electron chi connectivity index (χ4n) is 1.82. The van der Waals surface area contributed by atoms with Crippen LogP contribution in [0.25, 0.3) is 0 Å². The van der Waals surface area contributed by atoms with Crippen LogP contribution >= 0.6 is 0 Å². The molecule has 3 N–H and O–H groups in total. The number of nitrogen functional groups attached to an aromatic ring is 1. The Morgan fingerprint density at radius 2 is 2.05 bits per heavy atom. The van der Waals surface area contributed by atoms with E-state index in [1.807, 2.05) is 30.3 Å². The first kappa shape index (κ1) is 15.3. The maximum atomic E-state index is 12.1. The predicted molar refractivity (Wildman–Crippen MR) is 79.4 cm³/mol. The summed E-state index contributed by atoms with van der Waals surface area (Å²) in [5.74, 6) is 0.752. The largest absolute Gasteiger partial charge is 0.494 e. The maximum Gasteiger partial charge on any atom is 0.260 e. The van der Waals surface area contributed by atoms with E-state index < -0.39 is 10.0 Å². The lowest BCUT2D eigenvalue weighted by Crippen LogP contribution is -2.28. The van der Waals surface area contributed by atoms with E-state index in [0.29, 0.717) is 13.0 Å². The Bertz CT molecular complexity index is 663. The molecule has 0 saturated heterocycles. The summed E-state index contributed by atoms with van der Waals surface area (Å²) in [6.07, 6.45) is 1.91. The van der Waals surface area contributed by atoms with E-state index in [1.54, 1.807) is 7.05 Å². The van der Waals surface area contributed by atoms with Crippen molar-refractivity contribution in [2.75, 3.05) is 18.9 Å². The van der Waals surface area contributed by atoms with E-state index in [4.69, 9.17) is 10.5 Å². The van der Waals surface area contributed by atoms with Gasteiger partial charge in [0, 0.05) is 13.6 Å². The summed E-state index contributed by atoms with van der Waals surface area (Å²) in [6.45, 7) is 0.688. The van der Waals surface area contributed by atoms with E-state index in [0.717, 1.165) is 5.75 Å². The molecule has 1 heterocycles. The van der Waals surface area contributed by atoms with Gasteiger partial charge in [0.2, 0.25) is 0 Å². The number of aryl methyl sites for hydroxylation is 1. The Morgan fingerprint density at radius 3 is 2.67 bits per heavy atom. The Labute approximate surface area is 123 Å². The molecule has 0 radical (unpaired) electrons. The second kappa shape index (κ2) is 6.59. The molecule has 0 unspecified atom stereocenters. The highest BCUT2D eigenvalue weighted by Crippen LogP contribution is 2.14. The number of aromatic nitrogens is 2. The average molecular weight is 310 g/mol. The number of hydrogen-bond acceptors (Lipinski definition) is 5. The minimum absolute atomic E-state index is 0.00876. The summed E-state index contributed by atoms with van der Waals surface area (Å²) >= 11 is 0. The smallest absolute Gasteiger partial charge is 0.260 e. The van der Waals surface area contributed by atoms with Crippen LogP contribution in [0, 0.1) is 0 Å². The lowest BCUT2D eigenvalue weighted by molar-refractivity contribution is 0.311. The lowest BCUT2D eigenvalue weighted by Gasteiger charge is -2.09. The van der Waals surface area contributed by atoms with Crippen LogP contribution in [0.4, 0.5) is 5.82 Å². The summed E-state index contributed by atoms with van der Waals surface area (Å²) in [5.41, 5.74) is 5.56. The van der Waals surface area contributed by atoms with Gasteiger partial charge in [-0.15, -0.1) is 0 Å². The molecule has 0 aliphatic carbocycles. The molecule has 114 valence electrons. The number of hydrogen-bond donors (Lipinski definition) is 2. The van der Waals surface area contributed by atoms with Crippen molar-refractivity contribution < 1.29 is 13.2 Å². The minimum atomic E-state index is -3.65. The monoisotopic (exact) mass is 310 g/mol. The Hall–Kier alpha value is -2.06. The van der Waals surface area contributed by atoms with E-state index >= 15 is 0 Å². The molecule has 7 nitrogen and oxygen atoms in total. The molecule has 21 heavy (non-hydrogen) atoms. The topological polar surface area (TPSA) is 99.2 Å². The predicted octanol–water partition coefficient (Wildman–Crippen LogP) is 0.750. The van der Waals surface area contributed by atoms with Gasteiger partial charge in [0.25, 0.3) is 10.0 Å². The number of nitrogens with zero attached hydrogens (tertiary/aromatic N) is 2. The second-order valence-electron chi connectivity index (χ2n) is 4.46. The zero-order valence-corrected chi connectivity index (χ0v) is 12.5. The van der Waals surface area contributed by atoms with Crippen LogP contribution in [-0.2, 0) is 17.1 Å². The number of nitrogens with one attached hydrogen (secondary N) is 1.